The van der Waals surface area contributed by atoms with Crippen LogP contribution in [-0.4, -0.2) is 18.2 Å². The van der Waals surface area contributed by atoms with Gasteiger partial charge in [-0.05, 0) is 24.7 Å². The Balaban J connectivity index is 2.10. The molecule has 3 aliphatic rings. The van der Waals surface area contributed by atoms with E-state index in [9.17, 15) is 18.0 Å². The molecular weight excluding hydrogens is 209 g/mol. The summed E-state index contributed by atoms with van der Waals surface area (Å²) in [6.07, 6.45) is -4.49. The zero-order valence-corrected chi connectivity index (χ0v) is 8.17. The predicted octanol–water partition coefficient (Wildman–Crippen LogP) is 2.14. The Morgan fingerprint density at radius 3 is 2.67 bits per heavy atom. The van der Waals surface area contributed by atoms with Gasteiger partial charge in [0.1, 0.15) is 6.10 Å². The molecule has 1 aliphatic heterocycles. The van der Waals surface area contributed by atoms with E-state index in [1.165, 1.54) is 0 Å². The van der Waals surface area contributed by atoms with Gasteiger partial charge < -0.3 is 4.74 Å². The lowest BCUT2D eigenvalue weighted by Gasteiger charge is -2.32. The lowest BCUT2D eigenvalue weighted by atomic mass is 9.71. The van der Waals surface area contributed by atoms with Gasteiger partial charge >= 0.3 is 12.1 Å². The number of rotatable bonds is 0. The van der Waals surface area contributed by atoms with Crippen LogP contribution in [0, 0.1) is 23.2 Å². The van der Waals surface area contributed by atoms with E-state index in [1.54, 1.807) is 0 Å². The van der Waals surface area contributed by atoms with Gasteiger partial charge in [-0.15, -0.1) is 0 Å². The van der Waals surface area contributed by atoms with Gasteiger partial charge in [0, 0.05) is 5.92 Å². The molecule has 5 heteroatoms. The van der Waals surface area contributed by atoms with Gasteiger partial charge in [-0.25, -0.2) is 0 Å². The Kier molecular flexibility index (Phi) is 1.47. The minimum atomic E-state index is -4.45. The van der Waals surface area contributed by atoms with Crippen LogP contribution < -0.4 is 0 Å². The van der Waals surface area contributed by atoms with Gasteiger partial charge in [-0.1, -0.05) is 6.92 Å². The summed E-state index contributed by atoms with van der Waals surface area (Å²) in [5.74, 6) is -1.55. The average Bonchev–Trinajstić information content (AvgIpc) is 2.66. The zero-order chi connectivity index (χ0) is 11.0. The molecule has 0 aromatic rings. The van der Waals surface area contributed by atoms with Crippen LogP contribution in [0.2, 0.25) is 0 Å². The monoisotopic (exact) mass is 220 g/mol. The highest BCUT2D eigenvalue weighted by Gasteiger charge is 2.78. The highest BCUT2D eigenvalue weighted by molar-refractivity contribution is 5.82. The molecule has 0 aromatic heterocycles. The molecular formula is C10H11F3O2. The average molecular weight is 220 g/mol. The van der Waals surface area contributed by atoms with E-state index in [0.29, 0.717) is 6.42 Å². The number of halogens is 3. The van der Waals surface area contributed by atoms with Crippen molar-refractivity contribution in [3.8, 4) is 0 Å². The zero-order valence-electron chi connectivity index (χ0n) is 8.17. The van der Waals surface area contributed by atoms with E-state index in [2.05, 4.69) is 0 Å². The minimum Gasteiger partial charge on any atom is -0.461 e. The standard InChI is InChI=1S/C10H11F3O2/c1-4-5-2-6-7(4)15-8(14)9(6,3-5)10(11,12)13/h4-7H,2-3H2,1H3. The molecule has 0 amide bonds. The fourth-order valence-electron chi connectivity index (χ4n) is 3.72. The molecule has 2 aliphatic carbocycles. The number of carbonyl (C=O) groups excluding carboxylic acids is 1. The van der Waals surface area contributed by atoms with Crippen LogP contribution in [-0.2, 0) is 9.53 Å². The van der Waals surface area contributed by atoms with E-state index in [-0.39, 0.29) is 18.3 Å². The Morgan fingerprint density at radius 1 is 1.47 bits per heavy atom. The van der Waals surface area contributed by atoms with Gasteiger partial charge in [0.15, 0.2) is 5.41 Å². The van der Waals surface area contributed by atoms with Crippen molar-refractivity contribution in [2.24, 2.45) is 23.2 Å². The number of fused-ring (bicyclic) bond motifs is 1. The third kappa shape index (κ3) is 0.821. The van der Waals surface area contributed by atoms with Crippen LogP contribution in [0.1, 0.15) is 19.8 Å². The second-order valence-electron chi connectivity index (χ2n) is 5.00. The molecule has 15 heavy (non-hydrogen) atoms. The van der Waals surface area contributed by atoms with Gasteiger partial charge in [0.05, 0.1) is 0 Å². The van der Waals surface area contributed by atoms with Gasteiger partial charge in [-0.3, -0.25) is 4.79 Å². The van der Waals surface area contributed by atoms with Crippen LogP contribution >= 0.6 is 0 Å². The summed E-state index contributed by atoms with van der Waals surface area (Å²) < 4.78 is 43.9. The molecule has 0 spiro atoms. The second-order valence-corrected chi connectivity index (χ2v) is 5.00. The first kappa shape index (κ1) is 9.48. The number of carbonyl (C=O) groups is 1. The molecule has 1 saturated heterocycles. The van der Waals surface area contributed by atoms with Crippen LogP contribution in [0.3, 0.4) is 0 Å². The first-order valence-electron chi connectivity index (χ1n) is 5.16. The summed E-state index contributed by atoms with van der Waals surface area (Å²) in [5.41, 5.74) is -2.16. The van der Waals surface area contributed by atoms with Crippen molar-refractivity contribution in [2.45, 2.75) is 32.0 Å². The fourth-order valence-corrected chi connectivity index (χ4v) is 3.72. The number of esters is 1. The van der Waals surface area contributed by atoms with Crippen molar-refractivity contribution in [3.05, 3.63) is 0 Å². The predicted molar refractivity (Wildman–Crippen MR) is 43.7 cm³/mol. The molecule has 1 heterocycles. The summed E-state index contributed by atoms with van der Waals surface area (Å²) in [7, 11) is 0. The Hall–Kier alpha value is -0.740. The quantitative estimate of drug-likeness (QED) is 0.584. The highest BCUT2D eigenvalue weighted by Crippen LogP contribution is 2.68. The maximum atomic E-state index is 13.0. The van der Waals surface area contributed by atoms with E-state index in [4.69, 9.17) is 4.74 Å². The Morgan fingerprint density at radius 2 is 2.13 bits per heavy atom. The molecule has 2 bridgehead atoms. The van der Waals surface area contributed by atoms with E-state index >= 15 is 0 Å². The molecule has 0 N–H and O–H groups in total. The van der Waals surface area contributed by atoms with Crippen molar-refractivity contribution < 1.29 is 22.7 Å². The third-order valence-electron chi connectivity index (χ3n) is 4.55. The van der Waals surface area contributed by atoms with Crippen LogP contribution in [0.5, 0.6) is 0 Å². The van der Waals surface area contributed by atoms with Crippen LogP contribution in [0.15, 0.2) is 0 Å². The van der Waals surface area contributed by atoms with Crippen LogP contribution in [0.4, 0.5) is 13.2 Å². The highest BCUT2D eigenvalue weighted by atomic mass is 19.4. The Labute approximate surface area is 84.8 Å². The molecule has 5 unspecified atom stereocenters. The maximum absolute atomic E-state index is 13.0. The van der Waals surface area contributed by atoms with Crippen molar-refractivity contribution >= 4 is 5.97 Å². The molecule has 5 atom stereocenters. The summed E-state index contributed by atoms with van der Waals surface area (Å²) >= 11 is 0. The topological polar surface area (TPSA) is 26.3 Å². The largest absolute Gasteiger partial charge is 0.461 e. The molecule has 2 nitrogen and oxygen atoms in total. The summed E-state index contributed by atoms with van der Waals surface area (Å²) in [6.45, 7) is 1.88. The molecule has 84 valence electrons. The van der Waals surface area contributed by atoms with E-state index < -0.39 is 29.6 Å². The first-order chi connectivity index (χ1) is 6.88. The number of hydrogen-bond donors (Lipinski definition) is 0. The second kappa shape index (κ2) is 2.33. The first-order valence-corrected chi connectivity index (χ1v) is 5.16. The summed E-state index contributed by atoms with van der Waals surface area (Å²) in [4.78, 5) is 11.5. The van der Waals surface area contributed by atoms with Crippen molar-refractivity contribution in [1.29, 1.82) is 0 Å². The van der Waals surface area contributed by atoms with Crippen molar-refractivity contribution in [3.63, 3.8) is 0 Å². The SMILES string of the molecule is CC1C2CC3C1OC(=O)C3(C(F)(F)F)C2. The fraction of sp³-hybridized carbons (Fsp3) is 0.900. The molecule has 0 radical (unpaired) electrons. The molecule has 0 aromatic carbocycles. The normalized spacial score (nSPS) is 52.4. The number of hydrogen-bond acceptors (Lipinski definition) is 2. The van der Waals surface area contributed by atoms with Crippen LogP contribution in [0.25, 0.3) is 0 Å². The summed E-state index contributed by atoms with van der Waals surface area (Å²) in [5, 5.41) is 0. The molecule has 2 saturated carbocycles. The number of ether oxygens (including phenoxy) is 1. The van der Waals surface area contributed by atoms with E-state index in [1.807, 2.05) is 6.92 Å². The van der Waals surface area contributed by atoms with Gasteiger partial charge in [0.2, 0.25) is 0 Å². The Bertz CT molecular complexity index is 338. The third-order valence-corrected chi connectivity index (χ3v) is 4.55. The maximum Gasteiger partial charge on any atom is 0.405 e. The lowest BCUT2D eigenvalue weighted by Crippen LogP contribution is -2.46. The molecule has 3 rings (SSSR count). The smallest absolute Gasteiger partial charge is 0.405 e. The number of alkyl halides is 3. The van der Waals surface area contributed by atoms with E-state index in [0.717, 1.165) is 0 Å². The van der Waals surface area contributed by atoms with Crippen molar-refractivity contribution in [2.75, 3.05) is 0 Å². The minimum absolute atomic E-state index is 0.00748. The molecule has 3 fully saturated rings. The van der Waals surface area contributed by atoms with Gasteiger partial charge in [0.25, 0.3) is 0 Å². The van der Waals surface area contributed by atoms with Gasteiger partial charge in [-0.2, -0.15) is 13.2 Å². The lowest BCUT2D eigenvalue weighted by molar-refractivity contribution is -0.230. The summed E-state index contributed by atoms with van der Waals surface area (Å²) in [6, 6.07) is 0. The van der Waals surface area contributed by atoms with Crippen molar-refractivity contribution in [1.82, 2.24) is 0 Å².